The van der Waals surface area contributed by atoms with Gasteiger partial charge >= 0.3 is 0 Å². The molecule has 0 amide bonds. The van der Waals surface area contributed by atoms with Gasteiger partial charge in [-0.15, -0.1) is 11.8 Å². The molecule has 106 valence electrons. The molecule has 0 saturated carbocycles. The Labute approximate surface area is 121 Å². The number of pyridine rings is 1. The number of benzene rings is 1. The number of hydrogen-bond acceptors (Lipinski definition) is 3. The summed E-state index contributed by atoms with van der Waals surface area (Å²) in [6, 6.07) is 7.81. The lowest BCUT2D eigenvalue weighted by Crippen LogP contribution is -2.04. The zero-order valence-corrected chi connectivity index (χ0v) is 12.0. The van der Waals surface area contributed by atoms with Crippen molar-refractivity contribution in [1.82, 2.24) is 4.98 Å². The predicted octanol–water partition coefficient (Wildman–Crippen LogP) is 4.47. The molecule has 0 aliphatic carbocycles. The summed E-state index contributed by atoms with van der Waals surface area (Å²) in [6.07, 6.45) is 2.76. The summed E-state index contributed by atoms with van der Waals surface area (Å²) < 4.78 is 26.0. The van der Waals surface area contributed by atoms with Crippen molar-refractivity contribution >= 4 is 17.6 Å². The first-order valence-electron chi connectivity index (χ1n) is 6.46. The predicted molar refractivity (Wildman–Crippen MR) is 78.9 cm³/mol. The molecule has 0 radical (unpaired) electrons. The zero-order chi connectivity index (χ0) is 14.4. The van der Waals surface area contributed by atoms with Crippen molar-refractivity contribution in [3.05, 3.63) is 53.7 Å². The van der Waals surface area contributed by atoms with Crippen LogP contribution >= 0.6 is 11.8 Å². The molecule has 1 aromatic heterocycles. The van der Waals surface area contributed by atoms with E-state index in [1.54, 1.807) is 12.3 Å². The van der Waals surface area contributed by atoms with Gasteiger partial charge in [0.05, 0.1) is 0 Å². The Morgan fingerprint density at radius 1 is 1.20 bits per heavy atom. The van der Waals surface area contributed by atoms with E-state index in [1.165, 1.54) is 17.8 Å². The second kappa shape index (κ2) is 7.24. The minimum absolute atomic E-state index is 0.658. The molecule has 0 fully saturated rings. The fourth-order valence-electron chi connectivity index (χ4n) is 1.69. The lowest BCUT2D eigenvalue weighted by atomic mass is 10.3. The van der Waals surface area contributed by atoms with Crippen molar-refractivity contribution in [2.45, 2.75) is 24.0 Å². The second-order valence-corrected chi connectivity index (χ2v) is 5.35. The van der Waals surface area contributed by atoms with Crippen LogP contribution in [-0.4, -0.2) is 11.5 Å². The van der Waals surface area contributed by atoms with Crippen LogP contribution in [0.25, 0.3) is 0 Å². The van der Waals surface area contributed by atoms with Gasteiger partial charge in [-0.2, -0.15) is 0 Å². The average molecular weight is 294 g/mol. The molecule has 1 N–H and O–H groups in total. The van der Waals surface area contributed by atoms with E-state index < -0.39 is 11.6 Å². The van der Waals surface area contributed by atoms with Crippen molar-refractivity contribution in [2.24, 2.45) is 0 Å². The molecule has 5 heteroatoms. The maximum atomic E-state index is 13.1. The van der Waals surface area contributed by atoms with E-state index in [-0.39, 0.29) is 0 Å². The Morgan fingerprint density at radius 2 is 2.05 bits per heavy atom. The summed E-state index contributed by atoms with van der Waals surface area (Å²) in [4.78, 5) is 5.00. The molecule has 0 aliphatic rings. The van der Waals surface area contributed by atoms with E-state index in [4.69, 9.17) is 0 Å². The largest absolute Gasteiger partial charge is 0.370 e. The van der Waals surface area contributed by atoms with E-state index in [9.17, 15) is 8.78 Å². The maximum Gasteiger partial charge on any atom is 0.159 e. The lowest BCUT2D eigenvalue weighted by Gasteiger charge is -2.10. The zero-order valence-electron chi connectivity index (χ0n) is 11.2. The number of nitrogens with zero attached hydrogens (tertiary/aromatic N) is 1. The highest BCUT2D eigenvalue weighted by Gasteiger charge is 2.06. The van der Waals surface area contributed by atoms with Crippen molar-refractivity contribution in [3.63, 3.8) is 0 Å². The van der Waals surface area contributed by atoms with Crippen LogP contribution in [0.3, 0.4) is 0 Å². The molecule has 0 aliphatic heterocycles. The van der Waals surface area contributed by atoms with Gasteiger partial charge < -0.3 is 5.32 Å². The molecule has 1 aromatic carbocycles. The first kappa shape index (κ1) is 14.8. The van der Waals surface area contributed by atoms with Gasteiger partial charge in [0.15, 0.2) is 11.6 Å². The van der Waals surface area contributed by atoms with Crippen LogP contribution < -0.4 is 5.32 Å². The van der Waals surface area contributed by atoms with Crippen LogP contribution in [0.2, 0.25) is 0 Å². The second-order valence-electron chi connectivity index (χ2n) is 4.30. The highest BCUT2D eigenvalue weighted by Crippen LogP contribution is 2.26. The Hall–Kier alpha value is -1.62. The molecule has 2 rings (SSSR count). The summed E-state index contributed by atoms with van der Waals surface area (Å²) in [7, 11) is 0. The molecule has 1 heterocycles. The molecule has 0 spiro atoms. The van der Waals surface area contributed by atoms with Crippen LogP contribution in [0.5, 0.6) is 0 Å². The van der Waals surface area contributed by atoms with E-state index >= 15 is 0 Å². The van der Waals surface area contributed by atoms with Crippen molar-refractivity contribution < 1.29 is 8.78 Å². The van der Waals surface area contributed by atoms with Crippen LogP contribution in [0.1, 0.15) is 18.9 Å². The van der Waals surface area contributed by atoms with Crippen LogP contribution in [0.4, 0.5) is 14.6 Å². The summed E-state index contributed by atoms with van der Waals surface area (Å²) in [5.41, 5.74) is 1.05. The van der Waals surface area contributed by atoms with Gasteiger partial charge in [-0.25, -0.2) is 13.8 Å². The van der Waals surface area contributed by atoms with Crippen molar-refractivity contribution in [3.8, 4) is 0 Å². The molecular weight excluding hydrogens is 278 g/mol. The van der Waals surface area contributed by atoms with Gasteiger partial charge in [0.25, 0.3) is 0 Å². The smallest absolute Gasteiger partial charge is 0.159 e. The highest BCUT2D eigenvalue weighted by atomic mass is 32.2. The molecule has 2 nitrogen and oxygen atoms in total. The number of rotatable bonds is 6. The van der Waals surface area contributed by atoms with Gasteiger partial charge in [0.2, 0.25) is 0 Å². The van der Waals surface area contributed by atoms with Crippen LogP contribution in [0, 0.1) is 11.6 Å². The fourth-order valence-corrected chi connectivity index (χ4v) is 2.59. The number of nitrogens with one attached hydrogen (secondary N) is 1. The third kappa shape index (κ3) is 3.93. The molecule has 0 unspecified atom stereocenters. The average Bonchev–Trinajstić information content (AvgIpc) is 2.47. The van der Waals surface area contributed by atoms with Gasteiger partial charge in [-0.3, -0.25) is 0 Å². The summed E-state index contributed by atoms with van der Waals surface area (Å²) >= 11 is 1.46. The minimum atomic E-state index is -0.818. The van der Waals surface area contributed by atoms with Gasteiger partial charge in [-0.1, -0.05) is 13.0 Å². The molecular formula is C15H16F2N2S. The van der Waals surface area contributed by atoms with Crippen LogP contribution in [-0.2, 0) is 5.75 Å². The Kier molecular flexibility index (Phi) is 5.35. The van der Waals surface area contributed by atoms with Gasteiger partial charge in [0, 0.05) is 29.0 Å². The summed E-state index contributed by atoms with van der Waals surface area (Å²) in [5.74, 6) is -0.124. The first-order valence-corrected chi connectivity index (χ1v) is 7.45. The van der Waals surface area contributed by atoms with Crippen molar-refractivity contribution in [2.75, 3.05) is 11.9 Å². The standard InChI is InChI=1S/C15H16F2N2S/c1-2-7-18-15-11(4-3-8-19-15)10-20-12-5-6-13(16)14(17)9-12/h3-6,8-9H,2,7,10H2,1H3,(H,18,19). The number of halogens is 2. The molecule has 0 saturated heterocycles. The van der Waals surface area contributed by atoms with E-state index in [0.29, 0.717) is 10.6 Å². The molecule has 2 aromatic rings. The van der Waals surface area contributed by atoms with E-state index in [1.807, 2.05) is 12.1 Å². The summed E-state index contributed by atoms with van der Waals surface area (Å²) in [5, 5.41) is 3.26. The number of thioether (sulfide) groups is 1. The minimum Gasteiger partial charge on any atom is -0.370 e. The molecule has 0 bridgehead atoms. The van der Waals surface area contributed by atoms with Gasteiger partial charge in [-0.05, 0) is 30.7 Å². The monoisotopic (exact) mass is 294 g/mol. The lowest BCUT2D eigenvalue weighted by molar-refractivity contribution is 0.506. The van der Waals surface area contributed by atoms with E-state index in [2.05, 4.69) is 17.2 Å². The normalized spacial score (nSPS) is 10.6. The van der Waals surface area contributed by atoms with Crippen LogP contribution in [0.15, 0.2) is 41.4 Å². The number of anilines is 1. The maximum absolute atomic E-state index is 13.1. The number of hydrogen-bond donors (Lipinski definition) is 1. The molecule has 20 heavy (non-hydrogen) atoms. The van der Waals surface area contributed by atoms with E-state index in [0.717, 1.165) is 30.4 Å². The first-order chi connectivity index (χ1) is 9.70. The topological polar surface area (TPSA) is 24.9 Å². The molecule has 0 atom stereocenters. The third-order valence-corrected chi connectivity index (χ3v) is 3.76. The quantitative estimate of drug-likeness (QED) is 0.795. The Balaban J connectivity index is 2.04. The van der Waals surface area contributed by atoms with Crippen molar-refractivity contribution in [1.29, 1.82) is 0 Å². The fraction of sp³-hybridized carbons (Fsp3) is 0.267. The number of aromatic nitrogens is 1. The summed E-state index contributed by atoms with van der Waals surface area (Å²) in [6.45, 7) is 2.95. The third-order valence-electron chi connectivity index (χ3n) is 2.72. The SMILES string of the molecule is CCCNc1ncccc1CSc1ccc(F)c(F)c1. The Bertz CT molecular complexity index is 576. The highest BCUT2D eigenvalue weighted by molar-refractivity contribution is 7.98. The Morgan fingerprint density at radius 3 is 2.80 bits per heavy atom. The van der Waals surface area contributed by atoms with Gasteiger partial charge in [0.1, 0.15) is 5.82 Å².